The van der Waals surface area contributed by atoms with Gasteiger partial charge in [-0.05, 0) is 63.3 Å². The minimum atomic E-state index is 0.475. The standard InChI is InChI=1S/C18H30N2O/c1-2-9-19-10-6-11-20-14-17-12-18(13-17)21-15-16-7-4-3-5-8-16/h3-5,7-8,17-20H,2,6,9-15H2,1H3. The number of nitrogens with one attached hydrogen (secondary N) is 2. The molecule has 118 valence electrons. The van der Waals surface area contributed by atoms with Gasteiger partial charge in [-0.1, -0.05) is 37.3 Å². The Labute approximate surface area is 129 Å². The first kappa shape index (κ1) is 16.5. The van der Waals surface area contributed by atoms with Crippen LogP contribution in [-0.2, 0) is 11.3 Å². The summed E-state index contributed by atoms with van der Waals surface area (Å²) >= 11 is 0. The van der Waals surface area contributed by atoms with Crippen LogP contribution in [0.4, 0.5) is 0 Å². The van der Waals surface area contributed by atoms with Gasteiger partial charge in [0.1, 0.15) is 0 Å². The van der Waals surface area contributed by atoms with Gasteiger partial charge in [0.25, 0.3) is 0 Å². The van der Waals surface area contributed by atoms with Gasteiger partial charge in [-0.15, -0.1) is 0 Å². The van der Waals surface area contributed by atoms with Crippen molar-refractivity contribution in [3.05, 3.63) is 35.9 Å². The monoisotopic (exact) mass is 290 g/mol. The van der Waals surface area contributed by atoms with Crippen LogP contribution in [0.5, 0.6) is 0 Å². The highest BCUT2D eigenvalue weighted by Gasteiger charge is 2.29. The van der Waals surface area contributed by atoms with Gasteiger partial charge in [-0.2, -0.15) is 0 Å². The molecule has 0 bridgehead atoms. The highest BCUT2D eigenvalue weighted by atomic mass is 16.5. The Balaban J connectivity index is 1.41. The van der Waals surface area contributed by atoms with Crippen molar-refractivity contribution in [1.29, 1.82) is 0 Å². The molecule has 1 aliphatic rings. The quantitative estimate of drug-likeness (QED) is 0.615. The summed E-state index contributed by atoms with van der Waals surface area (Å²) < 4.78 is 5.93. The molecular weight excluding hydrogens is 260 g/mol. The lowest BCUT2D eigenvalue weighted by molar-refractivity contribution is -0.0394. The minimum absolute atomic E-state index is 0.475. The molecule has 3 heteroatoms. The summed E-state index contributed by atoms with van der Waals surface area (Å²) in [5.74, 6) is 0.814. The summed E-state index contributed by atoms with van der Waals surface area (Å²) in [6.07, 6.45) is 5.35. The van der Waals surface area contributed by atoms with E-state index in [-0.39, 0.29) is 0 Å². The van der Waals surface area contributed by atoms with Crippen LogP contribution in [0.15, 0.2) is 30.3 Å². The van der Waals surface area contributed by atoms with Crippen LogP contribution in [0.1, 0.15) is 38.2 Å². The van der Waals surface area contributed by atoms with Crippen molar-refractivity contribution in [3.63, 3.8) is 0 Å². The molecular formula is C18H30N2O. The van der Waals surface area contributed by atoms with Crippen molar-refractivity contribution >= 4 is 0 Å². The summed E-state index contributed by atoms with van der Waals surface area (Å²) in [6.45, 7) is 7.52. The molecule has 0 saturated heterocycles. The van der Waals surface area contributed by atoms with Gasteiger partial charge in [0, 0.05) is 0 Å². The fourth-order valence-corrected chi connectivity index (χ4v) is 2.71. The molecule has 2 rings (SSSR count). The predicted octanol–water partition coefficient (Wildman–Crippen LogP) is 2.96. The smallest absolute Gasteiger partial charge is 0.0720 e. The van der Waals surface area contributed by atoms with E-state index in [4.69, 9.17) is 4.74 Å². The van der Waals surface area contributed by atoms with E-state index in [1.54, 1.807) is 0 Å². The molecule has 1 aromatic rings. The van der Waals surface area contributed by atoms with E-state index in [1.165, 1.54) is 31.2 Å². The summed E-state index contributed by atoms with van der Waals surface area (Å²) in [5.41, 5.74) is 1.28. The summed E-state index contributed by atoms with van der Waals surface area (Å²) in [5, 5.41) is 6.99. The van der Waals surface area contributed by atoms with Gasteiger partial charge in [0.05, 0.1) is 12.7 Å². The van der Waals surface area contributed by atoms with Crippen LogP contribution in [0.2, 0.25) is 0 Å². The first-order valence-corrected chi connectivity index (χ1v) is 8.45. The van der Waals surface area contributed by atoms with E-state index in [0.717, 1.165) is 38.7 Å². The molecule has 0 heterocycles. The van der Waals surface area contributed by atoms with E-state index < -0.39 is 0 Å². The lowest BCUT2D eigenvalue weighted by Gasteiger charge is -2.35. The zero-order valence-corrected chi connectivity index (χ0v) is 13.3. The molecule has 0 unspecified atom stereocenters. The molecule has 1 aliphatic carbocycles. The van der Waals surface area contributed by atoms with Crippen molar-refractivity contribution in [2.24, 2.45) is 5.92 Å². The normalized spacial score (nSPS) is 21.2. The van der Waals surface area contributed by atoms with Gasteiger partial charge in [0.15, 0.2) is 0 Å². The Morgan fingerprint density at radius 2 is 1.81 bits per heavy atom. The van der Waals surface area contributed by atoms with Crippen LogP contribution in [0, 0.1) is 5.92 Å². The van der Waals surface area contributed by atoms with Gasteiger partial charge in [-0.3, -0.25) is 0 Å². The zero-order chi connectivity index (χ0) is 14.8. The molecule has 0 atom stereocenters. The van der Waals surface area contributed by atoms with E-state index in [9.17, 15) is 0 Å². The third kappa shape index (κ3) is 6.60. The van der Waals surface area contributed by atoms with Crippen LogP contribution in [0.25, 0.3) is 0 Å². The Bertz CT molecular complexity index is 363. The predicted molar refractivity (Wildman–Crippen MR) is 88.4 cm³/mol. The number of hydrogen-bond acceptors (Lipinski definition) is 3. The van der Waals surface area contributed by atoms with Crippen LogP contribution in [-0.4, -0.2) is 32.3 Å². The van der Waals surface area contributed by atoms with Crippen LogP contribution in [0.3, 0.4) is 0 Å². The zero-order valence-electron chi connectivity index (χ0n) is 13.3. The molecule has 0 radical (unpaired) electrons. The van der Waals surface area contributed by atoms with Crippen LogP contribution >= 0.6 is 0 Å². The largest absolute Gasteiger partial charge is 0.374 e. The second-order valence-corrected chi connectivity index (χ2v) is 6.06. The first-order valence-electron chi connectivity index (χ1n) is 8.45. The molecule has 0 amide bonds. The van der Waals surface area contributed by atoms with E-state index in [2.05, 4.69) is 41.8 Å². The van der Waals surface area contributed by atoms with Crippen molar-refractivity contribution in [3.8, 4) is 0 Å². The summed E-state index contributed by atoms with van der Waals surface area (Å²) in [4.78, 5) is 0. The number of hydrogen-bond donors (Lipinski definition) is 2. The molecule has 0 aromatic heterocycles. The number of ether oxygens (including phenoxy) is 1. The van der Waals surface area contributed by atoms with Crippen LogP contribution < -0.4 is 10.6 Å². The Morgan fingerprint density at radius 3 is 2.57 bits per heavy atom. The Morgan fingerprint density at radius 1 is 1.05 bits per heavy atom. The molecule has 1 saturated carbocycles. The maximum absolute atomic E-state index is 5.93. The Kier molecular flexibility index (Phi) is 7.79. The second kappa shape index (κ2) is 9.93. The minimum Gasteiger partial charge on any atom is -0.374 e. The maximum Gasteiger partial charge on any atom is 0.0720 e. The molecule has 21 heavy (non-hydrogen) atoms. The lowest BCUT2D eigenvalue weighted by Crippen LogP contribution is -2.38. The molecule has 0 spiro atoms. The third-order valence-electron chi connectivity index (χ3n) is 4.09. The molecule has 0 aliphatic heterocycles. The van der Waals surface area contributed by atoms with Gasteiger partial charge in [0.2, 0.25) is 0 Å². The Hall–Kier alpha value is -0.900. The molecule has 1 aromatic carbocycles. The highest BCUT2D eigenvalue weighted by Crippen LogP contribution is 2.30. The SMILES string of the molecule is CCCNCCCNCC1CC(OCc2ccccc2)C1. The topological polar surface area (TPSA) is 33.3 Å². The molecule has 1 fully saturated rings. The van der Waals surface area contributed by atoms with Crippen molar-refractivity contribution in [1.82, 2.24) is 10.6 Å². The second-order valence-electron chi connectivity index (χ2n) is 6.06. The van der Waals surface area contributed by atoms with Crippen molar-refractivity contribution in [2.75, 3.05) is 26.2 Å². The van der Waals surface area contributed by atoms with Gasteiger partial charge >= 0.3 is 0 Å². The third-order valence-corrected chi connectivity index (χ3v) is 4.09. The molecule has 3 nitrogen and oxygen atoms in total. The van der Waals surface area contributed by atoms with Gasteiger partial charge in [-0.25, -0.2) is 0 Å². The number of rotatable bonds is 11. The highest BCUT2D eigenvalue weighted by molar-refractivity contribution is 5.13. The fourth-order valence-electron chi connectivity index (χ4n) is 2.71. The average Bonchev–Trinajstić information content (AvgIpc) is 2.48. The summed E-state index contributed by atoms with van der Waals surface area (Å²) in [6, 6.07) is 10.4. The number of benzene rings is 1. The van der Waals surface area contributed by atoms with E-state index in [0.29, 0.717) is 6.10 Å². The summed E-state index contributed by atoms with van der Waals surface area (Å²) in [7, 11) is 0. The van der Waals surface area contributed by atoms with Crippen molar-refractivity contribution in [2.45, 2.75) is 45.3 Å². The fraction of sp³-hybridized carbons (Fsp3) is 0.667. The van der Waals surface area contributed by atoms with E-state index >= 15 is 0 Å². The van der Waals surface area contributed by atoms with Crippen molar-refractivity contribution < 1.29 is 4.74 Å². The first-order chi connectivity index (χ1) is 10.4. The average molecular weight is 290 g/mol. The molecule has 2 N–H and O–H groups in total. The maximum atomic E-state index is 5.93. The lowest BCUT2D eigenvalue weighted by atomic mass is 9.82. The van der Waals surface area contributed by atoms with E-state index in [1.807, 2.05) is 6.07 Å². The van der Waals surface area contributed by atoms with Gasteiger partial charge < -0.3 is 15.4 Å².